The summed E-state index contributed by atoms with van der Waals surface area (Å²) in [4.78, 5) is 35.7. The molecule has 0 amide bonds. The van der Waals surface area contributed by atoms with Gasteiger partial charge in [0.1, 0.15) is 5.75 Å². The number of ether oxygens (including phenoxy) is 2. The topological polar surface area (TPSA) is 73.1 Å². The average molecular weight is 594 g/mol. The smallest absolute Gasteiger partial charge is 0.338 e. The molecule has 43 heavy (non-hydrogen) atoms. The first-order valence-corrected chi connectivity index (χ1v) is 15.7. The largest absolute Gasteiger partial charge is 0.494 e. The van der Waals surface area contributed by atoms with Gasteiger partial charge in [0.25, 0.3) is 5.56 Å². The van der Waals surface area contributed by atoms with Crippen LogP contribution in [-0.2, 0) is 9.53 Å². The predicted octanol–water partition coefficient (Wildman–Crippen LogP) is 5.24. The minimum Gasteiger partial charge on any atom is -0.494 e. The van der Waals surface area contributed by atoms with Gasteiger partial charge in [-0.1, -0.05) is 59.9 Å². The van der Waals surface area contributed by atoms with Crippen LogP contribution in [0.5, 0.6) is 5.75 Å². The molecule has 0 saturated carbocycles. The van der Waals surface area contributed by atoms with Gasteiger partial charge >= 0.3 is 5.97 Å². The number of hydrogen-bond donors (Lipinski definition) is 0. The van der Waals surface area contributed by atoms with E-state index in [9.17, 15) is 9.59 Å². The first-order chi connectivity index (χ1) is 21.0. The first-order valence-electron chi connectivity index (χ1n) is 14.8. The van der Waals surface area contributed by atoms with Crippen LogP contribution in [0.25, 0.3) is 11.8 Å². The second-order valence-electron chi connectivity index (χ2n) is 10.7. The maximum absolute atomic E-state index is 14.2. The van der Waals surface area contributed by atoms with Crippen LogP contribution in [0.2, 0.25) is 0 Å². The van der Waals surface area contributed by atoms with E-state index in [0.717, 1.165) is 41.1 Å². The molecule has 3 heterocycles. The highest BCUT2D eigenvalue weighted by molar-refractivity contribution is 7.07. The average Bonchev–Trinajstić information content (AvgIpc) is 3.67. The Balaban J connectivity index is 1.55. The van der Waals surface area contributed by atoms with Gasteiger partial charge in [0.15, 0.2) is 4.80 Å². The highest BCUT2D eigenvalue weighted by Gasteiger charge is 2.35. The Labute approximate surface area is 255 Å². The van der Waals surface area contributed by atoms with Crippen molar-refractivity contribution in [1.29, 1.82) is 0 Å². The zero-order valence-corrected chi connectivity index (χ0v) is 25.5. The molecule has 220 valence electrons. The highest BCUT2D eigenvalue weighted by atomic mass is 32.1. The third-order valence-corrected chi connectivity index (χ3v) is 8.87. The molecule has 7 nitrogen and oxygen atoms in total. The zero-order valence-electron chi connectivity index (χ0n) is 24.7. The molecule has 1 aromatic heterocycles. The van der Waals surface area contributed by atoms with Crippen LogP contribution in [0.1, 0.15) is 55.0 Å². The lowest BCUT2D eigenvalue weighted by molar-refractivity contribution is -0.138. The van der Waals surface area contributed by atoms with Gasteiger partial charge in [-0.15, -0.1) is 0 Å². The van der Waals surface area contributed by atoms with E-state index in [1.54, 1.807) is 11.5 Å². The lowest BCUT2D eigenvalue weighted by atomic mass is 9.93. The van der Waals surface area contributed by atoms with Gasteiger partial charge in [-0.3, -0.25) is 9.36 Å². The number of carbonyl (C=O) groups is 1. The van der Waals surface area contributed by atoms with Gasteiger partial charge in [-0.25, -0.2) is 9.79 Å². The Morgan fingerprint density at radius 2 is 1.74 bits per heavy atom. The number of carbonyl (C=O) groups excluding carboxylic acids is 1. The van der Waals surface area contributed by atoms with Crippen molar-refractivity contribution >= 4 is 34.8 Å². The molecule has 0 unspecified atom stereocenters. The van der Waals surface area contributed by atoms with Crippen LogP contribution in [-0.4, -0.2) is 36.8 Å². The minimum atomic E-state index is -0.720. The van der Waals surface area contributed by atoms with Crippen molar-refractivity contribution in [3.63, 3.8) is 0 Å². The normalized spacial score (nSPS) is 16.7. The van der Waals surface area contributed by atoms with Crippen molar-refractivity contribution in [1.82, 2.24) is 4.57 Å². The zero-order chi connectivity index (χ0) is 29.9. The number of fused-ring (bicyclic) bond motifs is 1. The van der Waals surface area contributed by atoms with Crippen LogP contribution in [0, 0.1) is 6.92 Å². The standard InChI is InChI=1S/C35H35N3O4S/c1-4-41-28-17-14-25(15-18-28)32-30(34(40)42-5-2)31(24-11-7-6-8-12-24)36-35-38(32)33(39)29(43-35)22-26-13-16-27(21-23(26)3)37-19-9-10-20-37/h6-8,11-18,21-22,32H,4-5,9-10,19-20H2,1-3H3/b29-22-/t32-/m1/s1. The quantitative estimate of drug-likeness (QED) is 0.261. The second-order valence-corrected chi connectivity index (χ2v) is 11.7. The number of nitrogens with zero attached hydrogens (tertiary/aromatic N) is 3. The number of benzene rings is 3. The molecule has 0 aliphatic carbocycles. The number of aromatic nitrogens is 1. The van der Waals surface area contributed by atoms with E-state index >= 15 is 0 Å². The van der Waals surface area contributed by atoms with E-state index < -0.39 is 12.0 Å². The van der Waals surface area contributed by atoms with E-state index in [2.05, 4.69) is 30.0 Å². The Hall–Kier alpha value is -4.43. The number of aryl methyl sites for hydroxylation is 1. The second kappa shape index (κ2) is 12.4. The highest BCUT2D eigenvalue weighted by Crippen LogP contribution is 2.35. The number of hydrogen-bond acceptors (Lipinski definition) is 7. The van der Waals surface area contributed by atoms with Gasteiger partial charge in [-0.05, 0) is 80.6 Å². The summed E-state index contributed by atoms with van der Waals surface area (Å²) in [6.07, 6.45) is 4.38. The summed E-state index contributed by atoms with van der Waals surface area (Å²) in [5, 5.41) is 0. The number of thiazole rings is 1. The summed E-state index contributed by atoms with van der Waals surface area (Å²) in [5.41, 5.74) is 5.52. The van der Waals surface area contributed by atoms with Crippen molar-refractivity contribution in [3.8, 4) is 5.75 Å². The summed E-state index contributed by atoms with van der Waals surface area (Å²) in [5.74, 6) is 0.225. The number of rotatable bonds is 8. The van der Waals surface area contributed by atoms with E-state index in [1.807, 2.05) is 67.6 Å². The summed E-state index contributed by atoms with van der Waals surface area (Å²) in [6, 6.07) is 22.8. The summed E-state index contributed by atoms with van der Waals surface area (Å²) >= 11 is 1.34. The molecule has 0 N–H and O–H groups in total. The monoisotopic (exact) mass is 593 g/mol. The predicted molar refractivity (Wildman–Crippen MR) is 171 cm³/mol. The fourth-order valence-corrected chi connectivity index (χ4v) is 6.80. The molecule has 3 aromatic carbocycles. The summed E-state index contributed by atoms with van der Waals surface area (Å²) in [7, 11) is 0. The van der Waals surface area contributed by atoms with Crippen LogP contribution in [0.15, 0.2) is 88.2 Å². The van der Waals surface area contributed by atoms with Crippen molar-refractivity contribution in [2.45, 2.75) is 39.7 Å². The molecule has 8 heteroatoms. The van der Waals surface area contributed by atoms with Crippen LogP contribution in [0.4, 0.5) is 5.69 Å². The Morgan fingerprint density at radius 1 is 1.00 bits per heavy atom. The van der Waals surface area contributed by atoms with Crippen LogP contribution < -0.4 is 24.5 Å². The third kappa shape index (κ3) is 5.67. The molecule has 1 fully saturated rings. The molecule has 2 aliphatic heterocycles. The maximum atomic E-state index is 14.2. The van der Waals surface area contributed by atoms with E-state index in [-0.39, 0.29) is 12.2 Å². The molecular formula is C35H35N3O4S. The molecule has 0 bridgehead atoms. The van der Waals surface area contributed by atoms with Gasteiger partial charge in [0.2, 0.25) is 0 Å². The summed E-state index contributed by atoms with van der Waals surface area (Å²) < 4.78 is 13.4. The van der Waals surface area contributed by atoms with E-state index in [1.165, 1.54) is 29.9 Å². The summed E-state index contributed by atoms with van der Waals surface area (Å²) in [6.45, 7) is 8.69. The Kier molecular flexibility index (Phi) is 8.29. The van der Waals surface area contributed by atoms with Gasteiger partial charge in [0, 0.05) is 24.3 Å². The Bertz CT molecular complexity index is 1850. The molecule has 1 atom stereocenters. The molecule has 4 aromatic rings. The van der Waals surface area contributed by atoms with Crippen molar-refractivity contribution in [2.24, 2.45) is 4.99 Å². The van der Waals surface area contributed by atoms with Crippen molar-refractivity contribution in [3.05, 3.63) is 120 Å². The van der Waals surface area contributed by atoms with Gasteiger partial charge in [-0.2, -0.15) is 0 Å². The minimum absolute atomic E-state index is 0.195. The fraction of sp³-hybridized carbons (Fsp3) is 0.286. The third-order valence-electron chi connectivity index (χ3n) is 7.89. The maximum Gasteiger partial charge on any atom is 0.338 e. The molecule has 1 saturated heterocycles. The van der Waals surface area contributed by atoms with E-state index in [4.69, 9.17) is 14.5 Å². The fourth-order valence-electron chi connectivity index (χ4n) is 5.80. The van der Waals surface area contributed by atoms with Gasteiger partial charge < -0.3 is 14.4 Å². The number of anilines is 1. The first kappa shape index (κ1) is 28.7. The Morgan fingerprint density at radius 3 is 2.42 bits per heavy atom. The van der Waals surface area contributed by atoms with Crippen LogP contribution in [0.3, 0.4) is 0 Å². The SMILES string of the molecule is CCOC(=O)C1=C(c2ccccc2)N=c2s/c(=C\c3ccc(N4CCCC4)cc3C)c(=O)n2[C@@H]1c1ccc(OCC)cc1. The molecule has 0 radical (unpaired) electrons. The molecule has 6 rings (SSSR count). The van der Waals surface area contributed by atoms with E-state index in [0.29, 0.717) is 27.2 Å². The number of esters is 1. The van der Waals surface area contributed by atoms with Crippen LogP contribution >= 0.6 is 11.3 Å². The lowest BCUT2D eigenvalue weighted by Gasteiger charge is -2.26. The van der Waals surface area contributed by atoms with Crippen molar-refractivity contribution in [2.75, 3.05) is 31.2 Å². The molecule has 0 spiro atoms. The molecular weight excluding hydrogens is 558 g/mol. The molecule has 2 aliphatic rings. The van der Waals surface area contributed by atoms with Crippen molar-refractivity contribution < 1.29 is 14.3 Å². The lowest BCUT2D eigenvalue weighted by Crippen LogP contribution is -2.40. The van der Waals surface area contributed by atoms with Gasteiger partial charge in [0.05, 0.1) is 35.1 Å².